The molecule has 1 aliphatic heterocycles. The monoisotopic (exact) mass is 336 g/mol. The van der Waals surface area contributed by atoms with Gasteiger partial charge in [-0.25, -0.2) is 9.78 Å². The van der Waals surface area contributed by atoms with Gasteiger partial charge >= 0.3 is 5.97 Å². The van der Waals surface area contributed by atoms with E-state index in [1.807, 2.05) is 6.92 Å². The summed E-state index contributed by atoms with van der Waals surface area (Å²) in [6.07, 6.45) is 5.14. The van der Waals surface area contributed by atoms with Gasteiger partial charge in [0, 0.05) is 12.8 Å². The van der Waals surface area contributed by atoms with Gasteiger partial charge in [-0.05, 0) is 31.2 Å². The maximum absolute atomic E-state index is 11.3. The van der Waals surface area contributed by atoms with E-state index in [0.29, 0.717) is 24.1 Å². The molecule has 1 aromatic heterocycles. The van der Waals surface area contributed by atoms with Gasteiger partial charge in [0.25, 0.3) is 0 Å². The van der Waals surface area contributed by atoms with Crippen molar-refractivity contribution in [1.82, 2.24) is 9.97 Å². The van der Waals surface area contributed by atoms with Crippen molar-refractivity contribution in [3.63, 3.8) is 0 Å². The minimum Gasteiger partial charge on any atom is -0.480 e. The maximum Gasteiger partial charge on any atom is 0.326 e. The number of anilines is 2. The molecule has 0 aromatic carbocycles. The van der Waals surface area contributed by atoms with Crippen molar-refractivity contribution in [3.05, 3.63) is 12.3 Å². The van der Waals surface area contributed by atoms with Crippen LogP contribution in [-0.4, -0.2) is 45.8 Å². The Labute approximate surface area is 143 Å². The molecular weight excluding hydrogens is 308 g/mol. The average molecular weight is 336 g/mol. The molecule has 0 aliphatic carbocycles. The second-order valence-electron chi connectivity index (χ2n) is 6.56. The molecule has 0 radical (unpaired) electrons. The summed E-state index contributed by atoms with van der Waals surface area (Å²) < 4.78 is 5.88. The van der Waals surface area contributed by atoms with Crippen LogP contribution in [0.5, 0.6) is 0 Å². The molecule has 1 saturated heterocycles. The topological polar surface area (TPSA) is 96.4 Å². The molecule has 0 spiro atoms. The van der Waals surface area contributed by atoms with E-state index < -0.39 is 12.0 Å². The van der Waals surface area contributed by atoms with Crippen LogP contribution in [-0.2, 0) is 9.53 Å². The van der Waals surface area contributed by atoms with Gasteiger partial charge in [-0.1, -0.05) is 27.2 Å². The van der Waals surface area contributed by atoms with Crippen molar-refractivity contribution in [2.75, 3.05) is 17.2 Å². The molecular formula is C17H28N4O3. The summed E-state index contributed by atoms with van der Waals surface area (Å²) in [6, 6.07) is 1.33. The third-order valence-corrected chi connectivity index (χ3v) is 4.19. The molecule has 1 aliphatic rings. The van der Waals surface area contributed by atoms with Crippen LogP contribution in [0.15, 0.2) is 12.3 Å². The summed E-state index contributed by atoms with van der Waals surface area (Å²) in [6.45, 7) is 7.06. The number of aromatic nitrogens is 2. The molecule has 0 bridgehead atoms. The predicted molar refractivity (Wildman–Crippen MR) is 93.2 cm³/mol. The second-order valence-corrected chi connectivity index (χ2v) is 6.56. The minimum atomic E-state index is -0.889. The molecule has 2 rings (SSSR count). The van der Waals surface area contributed by atoms with Crippen molar-refractivity contribution in [2.45, 2.75) is 64.6 Å². The van der Waals surface area contributed by atoms with Crippen molar-refractivity contribution >= 4 is 17.7 Å². The van der Waals surface area contributed by atoms with Crippen LogP contribution in [0.2, 0.25) is 0 Å². The second kappa shape index (κ2) is 8.82. The zero-order chi connectivity index (χ0) is 17.5. The predicted octanol–water partition coefficient (Wildman–Crippen LogP) is 2.76. The Morgan fingerprint density at radius 3 is 2.96 bits per heavy atom. The van der Waals surface area contributed by atoms with E-state index in [1.165, 1.54) is 0 Å². The molecule has 1 fully saturated rings. The van der Waals surface area contributed by atoms with Gasteiger partial charge in [-0.15, -0.1) is 0 Å². The molecule has 2 heterocycles. The van der Waals surface area contributed by atoms with E-state index in [2.05, 4.69) is 34.4 Å². The summed E-state index contributed by atoms with van der Waals surface area (Å²) in [5.74, 6) is 0.551. The summed E-state index contributed by atoms with van der Waals surface area (Å²) in [7, 11) is 0. The largest absolute Gasteiger partial charge is 0.480 e. The van der Waals surface area contributed by atoms with Crippen LogP contribution >= 0.6 is 0 Å². The number of nitrogens with zero attached hydrogens (tertiary/aromatic N) is 2. The van der Waals surface area contributed by atoms with Crippen LogP contribution in [0.25, 0.3) is 0 Å². The van der Waals surface area contributed by atoms with Crippen LogP contribution in [0.3, 0.4) is 0 Å². The number of hydrogen-bond donors (Lipinski definition) is 3. The molecule has 3 atom stereocenters. The molecule has 7 nitrogen and oxygen atoms in total. The van der Waals surface area contributed by atoms with Crippen LogP contribution < -0.4 is 10.6 Å². The number of nitrogens with one attached hydrogen (secondary N) is 2. The third-order valence-electron chi connectivity index (χ3n) is 4.19. The van der Waals surface area contributed by atoms with Crippen LogP contribution in [0.4, 0.5) is 11.8 Å². The fourth-order valence-electron chi connectivity index (χ4n) is 3.01. The number of carbonyl (C=O) groups is 1. The first-order valence-corrected chi connectivity index (χ1v) is 8.71. The van der Waals surface area contributed by atoms with Gasteiger partial charge in [-0.2, -0.15) is 4.98 Å². The molecule has 3 N–H and O–H groups in total. The van der Waals surface area contributed by atoms with E-state index in [9.17, 15) is 9.90 Å². The molecule has 134 valence electrons. The normalized spacial score (nSPS) is 22.2. The van der Waals surface area contributed by atoms with E-state index in [4.69, 9.17) is 4.74 Å². The first-order chi connectivity index (χ1) is 11.5. The highest BCUT2D eigenvalue weighted by Crippen LogP contribution is 2.23. The Balaban J connectivity index is 2.05. The van der Waals surface area contributed by atoms with Gasteiger partial charge in [-0.3, -0.25) is 0 Å². The highest BCUT2D eigenvalue weighted by molar-refractivity contribution is 5.76. The quantitative estimate of drug-likeness (QED) is 0.671. The lowest BCUT2D eigenvalue weighted by Gasteiger charge is -2.35. The Morgan fingerprint density at radius 1 is 1.50 bits per heavy atom. The van der Waals surface area contributed by atoms with Gasteiger partial charge in [0.15, 0.2) is 0 Å². The number of carboxylic acid groups (broad SMARTS) is 1. The first kappa shape index (κ1) is 18.4. The summed E-state index contributed by atoms with van der Waals surface area (Å²) in [5, 5.41) is 15.6. The Morgan fingerprint density at radius 2 is 2.29 bits per heavy atom. The summed E-state index contributed by atoms with van der Waals surface area (Å²) >= 11 is 0. The van der Waals surface area contributed by atoms with Gasteiger partial charge in [0.05, 0.1) is 12.1 Å². The number of rotatable bonds is 8. The molecule has 1 aromatic rings. The van der Waals surface area contributed by atoms with Crippen molar-refractivity contribution in [1.29, 1.82) is 0 Å². The van der Waals surface area contributed by atoms with Crippen molar-refractivity contribution < 1.29 is 14.6 Å². The van der Waals surface area contributed by atoms with Crippen LogP contribution in [0, 0.1) is 5.92 Å². The maximum atomic E-state index is 11.3. The standard InChI is InChI=1S/C17H28N4O3/c1-4-6-13(16(22)23)20-17-18-9-8-14(21-17)19-12-7-5-10-24-15(12)11(2)3/h8-9,11-13,15H,4-7,10H2,1-3H3,(H,22,23)(H2,18,19,20,21). The van der Waals surface area contributed by atoms with E-state index in [1.54, 1.807) is 12.3 Å². The fourth-order valence-corrected chi connectivity index (χ4v) is 3.01. The molecule has 3 unspecified atom stereocenters. The summed E-state index contributed by atoms with van der Waals surface area (Å²) in [5.41, 5.74) is 0. The van der Waals surface area contributed by atoms with Crippen molar-refractivity contribution in [3.8, 4) is 0 Å². The highest BCUT2D eigenvalue weighted by atomic mass is 16.5. The van der Waals surface area contributed by atoms with Crippen LogP contribution in [0.1, 0.15) is 46.5 Å². The van der Waals surface area contributed by atoms with Gasteiger partial charge < -0.3 is 20.5 Å². The number of carboxylic acids is 1. The molecule has 0 saturated carbocycles. The lowest BCUT2D eigenvalue weighted by atomic mass is 9.94. The minimum absolute atomic E-state index is 0.150. The smallest absolute Gasteiger partial charge is 0.326 e. The molecule has 24 heavy (non-hydrogen) atoms. The average Bonchev–Trinajstić information content (AvgIpc) is 2.55. The lowest BCUT2D eigenvalue weighted by molar-refractivity contribution is -0.138. The van der Waals surface area contributed by atoms with E-state index in [-0.39, 0.29) is 12.1 Å². The third kappa shape index (κ3) is 5.06. The van der Waals surface area contributed by atoms with E-state index in [0.717, 1.165) is 25.9 Å². The van der Waals surface area contributed by atoms with E-state index >= 15 is 0 Å². The Hall–Kier alpha value is -1.89. The summed E-state index contributed by atoms with van der Waals surface area (Å²) in [4.78, 5) is 19.8. The SMILES string of the molecule is CCCC(Nc1nccc(NC2CCCOC2C(C)C)n1)C(=O)O. The Kier molecular flexibility index (Phi) is 6.78. The zero-order valence-corrected chi connectivity index (χ0v) is 14.7. The number of ether oxygens (including phenoxy) is 1. The van der Waals surface area contributed by atoms with Gasteiger partial charge in [0.1, 0.15) is 11.9 Å². The zero-order valence-electron chi connectivity index (χ0n) is 14.7. The van der Waals surface area contributed by atoms with Gasteiger partial charge in [0.2, 0.25) is 5.95 Å². The first-order valence-electron chi connectivity index (χ1n) is 8.71. The molecule has 0 amide bonds. The fraction of sp³-hybridized carbons (Fsp3) is 0.706. The van der Waals surface area contributed by atoms with Crippen molar-refractivity contribution in [2.24, 2.45) is 5.92 Å². The lowest BCUT2D eigenvalue weighted by Crippen LogP contribution is -2.43. The number of hydrogen-bond acceptors (Lipinski definition) is 6. The highest BCUT2D eigenvalue weighted by Gasteiger charge is 2.28. The number of aliphatic carboxylic acids is 1. The Bertz CT molecular complexity index is 538. The molecule has 7 heteroatoms.